The zero-order valence-electron chi connectivity index (χ0n) is 7.90. The summed E-state index contributed by atoms with van der Waals surface area (Å²) in [4.78, 5) is 11.5. The highest BCUT2D eigenvalue weighted by Gasteiger charge is 2.23. The van der Waals surface area contributed by atoms with Crippen LogP contribution >= 0.6 is 0 Å². The van der Waals surface area contributed by atoms with Gasteiger partial charge >= 0.3 is 5.97 Å². The van der Waals surface area contributed by atoms with E-state index >= 15 is 0 Å². The molecule has 0 saturated carbocycles. The molecule has 1 unspecified atom stereocenters. The van der Waals surface area contributed by atoms with E-state index in [1.54, 1.807) is 12.1 Å². The summed E-state index contributed by atoms with van der Waals surface area (Å²) in [5, 5.41) is 3.10. The standard InChI is InChI=1S/C11H13NO2/c13-11(10-7-4-8-12-10)14-9-5-2-1-3-6-9/h1-3,5-6,10,12H,4,7-8H2. The van der Waals surface area contributed by atoms with Gasteiger partial charge in [-0.3, -0.25) is 0 Å². The number of esters is 1. The van der Waals surface area contributed by atoms with E-state index in [0.717, 1.165) is 19.4 Å². The minimum atomic E-state index is -0.172. The van der Waals surface area contributed by atoms with Gasteiger partial charge in [0.15, 0.2) is 0 Å². The van der Waals surface area contributed by atoms with E-state index in [9.17, 15) is 4.79 Å². The second-order valence-electron chi connectivity index (χ2n) is 3.38. The fourth-order valence-corrected chi connectivity index (χ4v) is 1.56. The second-order valence-corrected chi connectivity index (χ2v) is 3.38. The summed E-state index contributed by atoms with van der Waals surface area (Å²) in [6, 6.07) is 9.05. The van der Waals surface area contributed by atoms with Gasteiger partial charge in [0, 0.05) is 0 Å². The largest absolute Gasteiger partial charge is 0.425 e. The average molecular weight is 191 g/mol. The van der Waals surface area contributed by atoms with Gasteiger partial charge in [0.25, 0.3) is 0 Å². The number of nitrogens with one attached hydrogen (secondary N) is 1. The zero-order chi connectivity index (χ0) is 9.80. The Bertz CT molecular complexity index is 304. The lowest BCUT2D eigenvalue weighted by Gasteiger charge is -2.09. The molecule has 1 aromatic carbocycles. The van der Waals surface area contributed by atoms with E-state index in [2.05, 4.69) is 5.32 Å². The molecule has 1 aromatic rings. The lowest BCUT2D eigenvalue weighted by Crippen LogP contribution is -2.34. The van der Waals surface area contributed by atoms with Crippen LogP contribution in [0.15, 0.2) is 30.3 Å². The van der Waals surface area contributed by atoms with Gasteiger partial charge in [-0.2, -0.15) is 0 Å². The van der Waals surface area contributed by atoms with Gasteiger partial charge in [0.2, 0.25) is 0 Å². The highest BCUT2D eigenvalue weighted by Crippen LogP contribution is 2.12. The number of carbonyl (C=O) groups is 1. The van der Waals surface area contributed by atoms with Crippen LogP contribution in [0.25, 0.3) is 0 Å². The summed E-state index contributed by atoms with van der Waals surface area (Å²) in [5.41, 5.74) is 0. The first-order valence-corrected chi connectivity index (χ1v) is 4.86. The number of ether oxygens (including phenoxy) is 1. The van der Waals surface area contributed by atoms with Crippen molar-refractivity contribution in [2.45, 2.75) is 18.9 Å². The number of hydrogen-bond donors (Lipinski definition) is 1. The van der Waals surface area contributed by atoms with E-state index in [0.29, 0.717) is 5.75 Å². The topological polar surface area (TPSA) is 38.3 Å². The van der Waals surface area contributed by atoms with Gasteiger partial charge in [-0.15, -0.1) is 0 Å². The molecular weight excluding hydrogens is 178 g/mol. The SMILES string of the molecule is O=C(Oc1ccccc1)C1CCCN1. The molecule has 0 aromatic heterocycles. The van der Waals surface area contributed by atoms with Gasteiger partial charge in [-0.25, -0.2) is 4.79 Å². The van der Waals surface area contributed by atoms with Crippen LogP contribution < -0.4 is 10.1 Å². The smallest absolute Gasteiger partial charge is 0.328 e. The molecule has 1 aliphatic heterocycles. The molecule has 1 fully saturated rings. The van der Waals surface area contributed by atoms with Crippen molar-refractivity contribution in [1.29, 1.82) is 0 Å². The molecule has 0 aliphatic carbocycles. The molecule has 1 aliphatic rings. The summed E-state index contributed by atoms with van der Waals surface area (Å²) in [5.74, 6) is 0.444. The zero-order valence-corrected chi connectivity index (χ0v) is 7.90. The van der Waals surface area contributed by atoms with Crippen molar-refractivity contribution < 1.29 is 9.53 Å². The van der Waals surface area contributed by atoms with Crippen LogP contribution in [0.3, 0.4) is 0 Å². The molecule has 74 valence electrons. The van der Waals surface area contributed by atoms with Crippen molar-refractivity contribution in [2.24, 2.45) is 0 Å². The normalized spacial score (nSPS) is 20.7. The molecule has 1 atom stereocenters. The number of carbonyl (C=O) groups excluding carboxylic acids is 1. The Morgan fingerprint density at radius 2 is 2.14 bits per heavy atom. The Labute approximate surface area is 83.1 Å². The Morgan fingerprint density at radius 1 is 1.36 bits per heavy atom. The van der Waals surface area contributed by atoms with Crippen LogP contribution in [0.5, 0.6) is 5.75 Å². The lowest BCUT2D eigenvalue weighted by molar-refractivity contribution is -0.136. The van der Waals surface area contributed by atoms with Crippen molar-refractivity contribution in [2.75, 3.05) is 6.54 Å². The molecule has 1 N–H and O–H groups in total. The number of hydrogen-bond acceptors (Lipinski definition) is 3. The number of rotatable bonds is 2. The highest BCUT2D eigenvalue weighted by atomic mass is 16.5. The van der Waals surface area contributed by atoms with Gasteiger partial charge in [-0.05, 0) is 31.5 Å². The molecule has 3 nitrogen and oxygen atoms in total. The molecule has 3 heteroatoms. The monoisotopic (exact) mass is 191 g/mol. The van der Waals surface area contributed by atoms with Crippen LogP contribution in [0, 0.1) is 0 Å². The average Bonchev–Trinajstić information content (AvgIpc) is 2.72. The molecule has 0 amide bonds. The highest BCUT2D eigenvalue weighted by molar-refractivity contribution is 5.78. The molecule has 0 spiro atoms. The Kier molecular flexibility index (Phi) is 2.79. The fourth-order valence-electron chi connectivity index (χ4n) is 1.56. The fraction of sp³-hybridized carbons (Fsp3) is 0.364. The third kappa shape index (κ3) is 2.12. The van der Waals surface area contributed by atoms with Crippen LogP contribution in [0.2, 0.25) is 0 Å². The van der Waals surface area contributed by atoms with E-state index in [1.165, 1.54) is 0 Å². The molecule has 2 rings (SSSR count). The summed E-state index contributed by atoms with van der Waals surface area (Å²) in [6.45, 7) is 0.911. The van der Waals surface area contributed by atoms with Crippen LogP contribution in [0.4, 0.5) is 0 Å². The first-order valence-electron chi connectivity index (χ1n) is 4.86. The van der Waals surface area contributed by atoms with E-state index < -0.39 is 0 Å². The van der Waals surface area contributed by atoms with Crippen LogP contribution in [-0.4, -0.2) is 18.6 Å². The maximum absolute atomic E-state index is 11.5. The molecular formula is C11H13NO2. The molecule has 0 radical (unpaired) electrons. The van der Waals surface area contributed by atoms with Gasteiger partial charge in [0.1, 0.15) is 11.8 Å². The minimum Gasteiger partial charge on any atom is -0.425 e. The number of para-hydroxylation sites is 1. The molecule has 14 heavy (non-hydrogen) atoms. The summed E-state index contributed by atoms with van der Waals surface area (Å²) in [6.07, 6.45) is 1.93. The minimum absolute atomic E-state index is 0.116. The van der Waals surface area contributed by atoms with Gasteiger partial charge in [-0.1, -0.05) is 18.2 Å². The predicted octanol–water partition coefficient (Wildman–Crippen LogP) is 1.34. The van der Waals surface area contributed by atoms with Crippen LogP contribution in [-0.2, 0) is 4.79 Å². The van der Waals surface area contributed by atoms with Crippen molar-refractivity contribution in [1.82, 2.24) is 5.32 Å². The quantitative estimate of drug-likeness (QED) is 0.566. The molecule has 1 saturated heterocycles. The van der Waals surface area contributed by atoms with Crippen molar-refractivity contribution in [3.05, 3.63) is 30.3 Å². The second kappa shape index (κ2) is 4.24. The van der Waals surface area contributed by atoms with E-state index in [-0.39, 0.29) is 12.0 Å². The Balaban J connectivity index is 1.94. The maximum Gasteiger partial charge on any atom is 0.328 e. The summed E-state index contributed by atoms with van der Waals surface area (Å²) >= 11 is 0. The van der Waals surface area contributed by atoms with Crippen LogP contribution in [0.1, 0.15) is 12.8 Å². The van der Waals surface area contributed by atoms with Gasteiger partial charge in [0.05, 0.1) is 0 Å². The van der Waals surface area contributed by atoms with Crippen molar-refractivity contribution >= 4 is 5.97 Å². The molecule has 0 bridgehead atoms. The molecule has 1 heterocycles. The van der Waals surface area contributed by atoms with Crippen molar-refractivity contribution in [3.8, 4) is 5.75 Å². The lowest BCUT2D eigenvalue weighted by atomic mass is 10.2. The predicted molar refractivity (Wildman–Crippen MR) is 53.1 cm³/mol. The first kappa shape index (κ1) is 9.21. The Hall–Kier alpha value is -1.35. The van der Waals surface area contributed by atoms with Gasteiger partial charge < -0.3 is 10.1 Å². The third-order valence-corrected chi connectivity index (χ3v) is 2.31. The van der Waals surface area contributed by atoms with E-state index in [4.69, 9.17) is 4.74 Å². The Morgan fingerprint density at radius 3 is 2.79 bits per heavy atom. The maximum atomic E-state index is 11.5. The summed E-state index contributed by atoms with van der Waals surface area (Å²) < 4.78 is 5.20. The number of benzene rings is 1. The first-order chi connectivity index (χ1) is 6.86. The van der Waals surface area contributed by atoms with E-state index in [1.807, 2.05) is 18.2 Å². The van der Waals surface area contributed by atoms with Crippen molar-refractivity contribution in [3.63, 3.8) is 0 Å². The summed E-state index contributed by atoms with van der Waals surface area (Å²) in [7, 11) is 0. The third-order valence-electron chi connectivity index (χ3n) is 2.31.